The molecule has 0 saturated heterocycles. The molecule has 0 atom stereocenters. The van der Waals surface area contributed by atoms with Crippen LogP contribution in [0.2, 0.25) is 0 Å². The Kier molecular flexibility index (Phi) is 4.03. The Balaban J connectivity index is 2.01. The van der Waals surface area contributed by atoms with E-state index >= 15 is 0 Å². The average Bonchev–Trinajstić information content (AvgIpc) is 3.09. The first-order valence-corrected chi connectivity index (χ1v) is 7.54. The number of fused-ring (bicyclic) bond motifs is 1. The van der Waals surface area contributed by atoms with Gasteiger partial charge in [0.2, 0.25) is 5.95 Å². The molecule has 3 rings (SSSR count). The molecule has 2 N–H and O–H groups in total. The number of amides is 1. The second-order valence-electron chi connectivity index (χ2n) is 5.37. The fourth-order valence-electron chi connectivity index (χ4n) is 2.64. The molecule has 24 heavy (non-hydrogen) atoms. The van der Waals surface area contributed by atoms with E-state index in [4.69, 9.17) is 0 Å². The smallest absolute Gasteiger partial charge is 0.339 e. The van der Waals surface area contributed by atoms with Gasteiger partial charge in [0.15, 0.2) is 0 Å². The third kappa shape index (κ3) is 2.62. The van der Waals surface area contributed by atoms with E-state index in [0.29, 0.717) is 12.5 Å². The van der Waals surface area contributed by atoms with Crippen LogP contribution in [0.15, 0.2) is 30.5 Å². The van der Waals surface area contributed by atoms with Gasteiger partial charge < -0.3 is 9.67 Å². The fraction of sp³-hybridized carbons (Fsp3) is 0.250. The molecule has 0 saturated carbocycles. The number of carbonyl (C=O) groups excluding carboxylic acids is 1. The predicted molar refractivity (Wildman–Crippen MR) is 88.1 cm³/mol. The number of nitrogens with one attached hydrogen (secondary N) is 1. The molecule has 0 fully saturated rings. The first-order chi connectivity index (χ1) is 11.5. The van der Waals surface area contributed by atoms with Crippen molar-refractivity contribution >= 4 is 28.9 Å². The number of imidazole rings is 1. The minimum Gasteiger partial charge on any atom is -0.478 e. The zero-order chi connectivity index (χ0) is 17.3. The van der Waals surface area contributed by atoms with Crippen LogP contribution in [0.3, 0.4) is 0 Å². The van der Waals surface area contributed by atoms with Crippen molar-refractivity contribution in [2.24, 2.45) is 7.05 Å². The number of rotatable bonds is 5. The second kappa shape index (κ2) is 6.15. The van der Waals surface area contributed by atoms with E-state index in [1.165, 1.54) is 11.7 Å². The van der Waals surface area contributed by atoms with Crippen LogP contribution in [-0.2, 0) is 13.6 Å². The average molecular weight is 327 g/mol. The van der Waals surface area contributed by atoms with Gasteiger partial charge in [-0.15, -0.1) is 0 Å². The van der Waals surface area contributed by atoms with Crippen LogP contribution in [0.5, 0.6) is 0 Å². The van der Waals surface area contributed by atoms with E-state index in [1.54, 1.807) is 0 Å². The van der Waals surface area contributed by atoms with Gasteiger partial charge in [-0.05, 0) is 18.6 Å². The standard InChI is InChI=1S/C16H17N5O3/c1-3-8-21-12-7-5-4-6-11(12)18-16(21)19-14(22)13-10(15(23)24)9-17-20(13)2/h4-7,9H,3,8H2,1-2H3,(H,23,24)(H,18,19,22). The molecule has 0 bridgehead atoms. The third-order valence-corrected chi connectivity index (χ3v) is 3.71. The maximum Gasteiger partial charge on any atom is 0.339 e. The molecule has 2 aromatic heterocycles. The molecule has 2 heterocycles. The molecule has 0 unspecified atom stereocenters. The number of nitrogens with zero attached hydrogens (tertiary/aromatic N) is 4. The molecule has 3 aromatic rings. The summed E-state index contributed by atoms with van der Waals surface area (Å²) in [5, 5.41) is 15.8. The lowest BCUT2D eigenvalue weighted by Crippen LogP contribution is -2.21. The lowest BCUT2D eigenvalue weighted by atomic mass is 10.2. The SMILES string of the molecule is CCCn1c(NC(=O)c2c(C(=O)O)cnn2C)nc2ccccc21. The predicted octanol–water partition coefficient (Wildman–Crippen LogP) is 2.13. The van der Waals surface area contributed by atoms with Gasteiger partial charge in [0.05, 0.1) is 17.2 Å². The van der Waals surface area contributed by atoms with E-state index in [0.717, 1.165) is 23.7 Å². The largest absolute Gasteiger partial charge is 0.478 e. The summed E-state index contributed by atoms with van der Waals surface area (Å²) in [4.78, 5) is 28.3. The minimum atomic E-state index is -1.20. The Morgan fingerprint density at radius 1 is 1.29 bits per heavy atom. The monoisotopic (exact) mass is 327 g/mol. The fourth-order valence-corrected chi connectivity index (χ4v) is 2.64. The Morgan fingerprint density at radius 3 is 2.75 bits per heavy atom. The lowest BCUT2D eigenvalue weighted by molar-refractivity contribution is 0.0692. The van der Waals surface area contributed by atoms with Crippen molar-refractivity contribution in [1.29, 1.82) is 0 Å². The number of benzene rings is 1. The van der Waals surface area contributed by atoms with E-state index in [-0.39, 0.29) is 11.3 Å². The Labute approximate surface area is 137 Å². The molecular weight excluding hydrogens is 310 g/mol. The van der Waals surface area contributed by atoms with Crippen LogP contribution in [-0.4, -0.2) is 36.3 Å². The number of aromatic carboxylic acids is 1. The summed E-state index contributed by atoms with van der Waals surface area (Å²) in [6.07, 6.45) is 2.03. The van der Waals surface area contributed by atoms with Crippen molar-refractivity contribution in [2.45, 2.75) is 19.9 Å². The quantitative estimate of drug-likeness (QED) is 0.747. The number of hydrogen-bond acceptors (Lipinski definition) is 4. The molecule has 0 aliphatic heterocycles. The number of aromatic nitrogens is 4. The van der Waals surface area contributed by atoms with Crippen LogP contribution in [0, 0.1) is 0 Å². The van der Waals surface area contributed by atoms with Crippen molar-refractivity contribution in [3.63, 3.8) is 0 Å². The van der Waals surface area contributed by atoms with Crippen molar-refractivity contribution in [1.82, 2.24) is 19.3 Å². The summed E-state index contributed by atoms with van der Waals surface area (Å²) in [5.74, 6) is -1.36. The normalized spacial score (nSPS) is 10.9. The van der Waals surface area contributed by atoms with Crippen molar-refractivity contribution in [3.8, 4) is 0 Å². The maximum absolute atomic E-state index is 12.6. The summed E-state index contributed by atoms with van der Waals surface area (Å²) in [6.45, 7) is 2.72. The van der Waals surface area contributed by atoms with Crippen LogP contribution in [0.4, 0.5) is 5.95 Å². The molecule has 1 amide bonds. The first kappa shape index (κ1) is 15.7. The number of carboxylic acid groups (broad SMARTS) is 1. The minimum absolute atomic E-state index is 0.0161. The van der Waals surface area contributed by atoms with Gasteiger partial charge in [0, 0.05) is 13.6 Å². The third-order valence-electron chi connectivity index (χ3n) is 3.71. The molecule has 0 radical (unpaired) electrons. The molecule has 8 heteroatoms. The van der Waals surface area contributed by atoms with Crippen LogP contribution in [0.1, 0.15) is 34.2 Å². The molecule has 1 aromatic carbocycles. The number of anilines is 1. The number of hydrogen-bond donors (Lipinski definition) is 2. The van der Waals surface area contributed by atoms with E-state index < -0.39 is 11.9 Å². The van der Waals surface area contributed by atoms with Gasteiger partial charge in [-0.25, -0.2) is 9.78 Å². The topological polar surface area (TPSA) is 102 Å². The Morgan fingerprint density at radius 2 is 2.04 bits per heavy atom. The Hall–Kier alpha value is -3.16. The van der Waals surface area contributed by atoms with Crippen LogP contribution < -0.4 is 5.32 Å². The zero-order valence-corrected chi connectivity index (χ0v) is 13.4. The molecular formula is C16H17N5O3. The maximum atomic E-state index is 12.6. The van der Waals surface area contributed by atoms with E-state index in [2.05, 4.69) is 15.4 Å². The van der Waals surface area contributed by atoms with Crippen LogP contribution in [0.25, 0.3) is 11.0 Å². The van der Waals surface area contributed by atoms with Crippen molar-refractivity contribution in [3.05, 3.63) is 41.7 Å². The van der Waals surface area contributed by atoms with Gasteiger partial charge in [-0.3, -0.25) is 14.8 Å². The molecule has 124 valence electrons. The molecule has 0 aliphatic carbocycles. The van der Waals surface area contributed by atoms with Gasteiger partial charge >= 0.3 is 5.97 Å². The zero-order valence-electron chi connectivity index (χ0n) is 13.4. The van der Waals surface area contributed by atoms with Crippen molar-refractivity contribution < 1.29 is 14.7 Å². The van der Waals surface area contributed by atoms with Crippen LogP contribution >= 0.6 is 0 Å². The van der Waals surface area contributed by atoms with E-state index in [9.17, 15) is 14.7 Å². The highest BCUT2D eigenvalue weighted by Crippen LogP contribution is 2.21. The van der Waals surface area contributed by atoms with Crippen molar-refractivity contribution in [2.75, 3.05) is 5.32 Å². The summed E-state index contributed by atoms with van der Waals surface area (Å²) < 4.78 is 3.15. The highest BCUT2D eigenvalue weighted by Gasteiger charge is 2.23. The van der Waals surface area contributed by atoms with Gasteiger partial charge in [-0.1, -0.05) is 19.1 Å². The number of aryl methyl sites for hydroxylation is 2. The molecule has 0 spiro atoms. The molecule has 0 aliphatic rings. The number of para-hydroxylation sites is 2. The summed E-state index contributed by atoms with van der Waals surface area (Å²) >= 11 is 0. The van der Waals surface area contributed by atoms with Gasteiger partial charge in [0.25, 0.3) is 5.91 Å². The Bertz CT molecular complexity index is 925. The lowest BCUT2D eigenvalue weighted by Gasteiger charge is -2.09. The summed E-state index contributed by atoms with van der Waals surface area (Å²) in [5.41, 5.74) is 1.52. The highest BCUT2D eigenvalue weighted by molar-refractivity contribution is 6.09. The second-order valence-corrected chi connectivity index (χ2v) is 5.37. The first-order valence-electron chi connectivity index (χ1n) is 7.54. The molecule has 8 nitrogen and oxygen atoms in total. The number of carboxylic acids is 1. The summed E-state index contributed by atoms with van der Waals surface area (Å²) in [6, 6.07) is 7.58. The van der Waals surface area contributed by atoms with Gasteiger partial charge in [0.1, 0.15) is 11.3 Å². The van der Waals surface area contributed by atoms with E-state index in [1.807, 2.05) is 35.8 Å². The summed E-state index contributed by atoms with van der Waals surface area (Å²) in [7, 11) is 1.52. The van der Waals surface area contributed by atoms with Gasteiger partial charge in [-0.2, -0.15) is 5.10 Å². The highest BCUT2D eigenvalue weighted by atomic mass is 16.4. The number of carbonyl (C=O) groups is 2.